The summed E-state index contributed by atoms with van der Waals surface area (Å²) in [4.78, 5) is 11.1. The number of carboxylic acid groups (broad SMARTS) is 1. The molecule has 20 heavy (non-hydrogen) atoms. The van der Waals surface area contributed by atoms with Crippen LogP contribution in [0.3, 0.4) is 0 Å². The number of carbonyl (C=O) groups is 1. The van der Waals surface area contributed by atoms with Gasteiger partial charge in [0.2, 0.25) is 0 Å². The van der Waals surface area contributed by atoms with Crippen LogP contribution < -0.4 is 10.1 Å². The normalized spacial score (nSPS) is 12.1. The van der Waals surface area contributed by atoms with E-state index in [-0.39, 0.29) is 5.92 Å². The molecule has 0 saturated carbocycles. The van der Waals surface area contributed by atoms with Gasteiger partial charge in [0, 0.05) is 6.54 Å². The third-order valence-electron chi connectivity index (χ3n) is 3.41. The number of hydrogen-bond donors (Lipinski definition) is 2. The maximum absolute atomic E-state index is 11.1. The van der Waals surface area contributed by atoms with Gasteiger partial charge in [-0.2, -0.15) is 0 Å². The first-order chi connectivity index (χ1) is 9.67. The van der Waals surface area contributed by atoms with Gasteiger partial charge in [-0.1, -0.05) is 31.9 Å². The fourth-order valence-corrected chi connectivity index (χ4v) is 2.09. The van der Waals surface area contributed by atoms with Gasteiger partial charge in [0.15, 0.2) is 0 Å². The first-order valence-corrected chi connectivity index (χ1v) is 7.23. The van der Waals surface area contributed by atoms with Crippen LogP contribution in [0, 0.1) is 5.92 Å². The van der Waals surface area contributed by atoms with E-state index in [9.17, 15) is 4.79 Å². The molecule has 2 N–H and O–H groups in total. The van der Waals surface area contributed by atoms with Crippen LogP contribution in [0.25, 0.3) is 0 Å². The van der Waals surface area contributed by atoms with E-state index in [0.717, 1.165) is 38.1 Å². The van der Waals surface area contributed by atoms with Crippen LogP contribution in [0.5, 0.6) is 5.75 Å². The average molecular weight is 279 g/mol. The van der Waals surface area contributed by atoms with E-state index in [0.29, 0.717) is 6.42 Å². The molecule has 1 aromatic rings. The average Bonchev–Trinajstić information content (AvgIpc) is 2.46. The van der Waals surface area contributed by atoms with Gasteiger partial charge in [-0.3, -0.25) is 4.79 Å². The van der Waals surface area contributed by atoms with Crippen LogP contribution >= 0.6 is 0 Å². The zero-order valence-corrected chi connectivity index (χ0v) is 12.4. The summed E-state index contributed by atoms with van der Waals surface area (Å²) in [6.07, 6.45) is 3.49. The number of unbranched alkanes of at least 4 members (excludes halogenated alkanes) is 1. The quantitative estimate of drug-likeness (QED) is 0.646. The number of nitrogens with one attached hydrogen (secondary N) is 1. The molecule has 0 saturated heterocycles. The maximum atomic E-state index is 11.1. The van der Waals surface area contributed by atoms with Crippen molar-refractivity contribution in [1.29, 1.82) is 0 Å². The predicted molar refractivity (Wildman–Crippen MR) is 80.0 cm³/mol. The molecular weight excluding hydrogens is 254 g/mol. The van der Waals surface area contributed by atoms with Gasteiger partial charge >= 0.3 is 5.97 Å². The van der Waals surface area contributed by atoms with E-state index in [4.69, 9.17) is 9.84 Å². The molecule has 0 amide bonds. The third kappa shape index (κ3) is 6.06. The summed E-state index contributed by atoms with van der Waals surface area (Å²) in [5.41, 5.74) is 1.17. The molecule has 4 heteroatoms. The fourth-order valence-electron chi connectivity index (χ4n) is 2.09. The summed E-state index contributed by atoms with van der Waals surface area (Å²) in [5, 5.41) is 12.4. The minimum absolute atomic E-state index is 0.224. The van der Waals surface area contributed by atoms with E-state index in [1.54, 1.807) is 7.11 Å². The Morgan fingerprint density at radius 3 is 2.55 bits per heavy atom. The van der Waals surface area contributed by atoms with E-state index in [2.05, 4.69) is 12.2 Å². The van der Waals surface area contributed by atoms with Gasteiger partial charge < -0.3 is 15.2 Å². The standard InChI is InChI=1S/C16H25NO3/c1-3-4-5-14(16(18)19)10-11-17-12-13-6-8-15(20-2)9-7-13/h6-9,14,17H,3-5,10-12H2,1-2H3,(H,18,19). The van der Waals surface area contributed by atoms with E-state index in [1.165, 1.54) is 5.56 Å². The number of aliphatic carboxylic acids is 1. The molecule has 1 rings (SSSR count). The number of hydrogen-bond acceptors (Lipinski definition) is 3. The Morgan fingerprint density at radius 1 is 1.30 bits per heavy atom. The molecule has 0 bridgehead atoms. The lowest BCUT2D eigenvalue weighted by molar-refractivity contribution is -0.142. The van der Waals surface area contributed by atoms with Crippen molar-refractivity contribution >= 4 is 5.97 Å². The lowest BCUT2D eigenvalue weighted by atomic mass is 9.99. The molecule has 0 aliphatic carbocycles. The van der Waals surface area contributed by atoms with Crippen LogP contribution in [0.15, 0.2) is 24.3 Å². The summed E-state index contributed by atoms with van der Waals surface area (Å²) in [6, 6.07) is 7.88. The van der Waals surface area contributed by atoms with Crippen molar-refractivity contribution in [3.8, 4) is 5.75 Å². The molecule has 1 atom stereocenters. The Bertz CT molecular complexity index is 389. The van der Waals surface area contributed by atoms with Crippen molar-refractivity contribution in [2.75, 3.05) is 13.7 Å². The number of methoxy groups -OCH3 is 1. The Hall–Kier alpha value is -1.55. The van der Waals surface area contributed by atoms with Crippen LogP contribution in [-0.4, -0.2) is 24.7 Å². The van der Waals surface area contributed by atoms with Crippen molar-refractivity contribution in [2.45, 2.75) is 39.2 Å². The Labute approximate surface area is 121 Å². The largest absolute Gasteiger partial charge is 0.497 e. The Morgan fingerprint density at radius 2 is 2.00 bits per heavy atom. The molecule has 0 radical (unpaired) electrons. The first-order valence-electron chi connectivity index (χ1n) is 7.23. The lowest BCUT2D eigenvalue weighted by Crippen LogP contribution is -2.22. The summed E-state index contributed by atoms with van der Waals surface area (Å²) >= 11 is 0. The highest BCUT2D eigenvalue weighted by Gasteiger charge is 2.15. The SMILES string of the molecule is CCCCC(CCNCc1ccc(OC)cc1)C(=O)O. The highest BCUT2D eigenvalue weighted by molar-refractivity contribution is 5.69. The van der Waals surface area contributed by atoms with Gasteiger partial charge in [0.25, 0.3) is 0 Å². The molecule has 0 fully saturated rings. The van der Waals surface area contributed by atoms with Crippen molar-refractivity contribution in [3.05, 3.63) is 29.8 Å². The Kier molecular flexibility index (Phi) is 7.73. The second kappa shape index (κ2) is 9.37. The first kappa shape index (κ1) is 16.5. The minimum atomic E-state index is -0.676. The lowest BCUT2D eigenvalue weighted by Gasteiger charge is -2.12. The molecule has 1 aromatic carbocycles. The van der Waals surface area contributed by atoms with Crippen molar-refractivity contribution in [2.24, 2.45) is 5.92 Å². The number of ether oxygens (including phenoxy) is 1. The molecule has 4 nitrogen and oxygen atoms in total. The molecular formula is C16H25NO3. The van der Waals surface area contributed by atoms with Crippen molar-refractivity contribution < 1.29 is 14.6 Å². The molecule has 112 valence electrons. The minimum Gasteiger partial charge on any atom is -0.497 e. The zero-order chi connectivity index (χ0) is 14.8. The van der Waals surface area contributed by atoms with E-state index < -0.39 is 5.97 Å². The van der Waals surface area contributed by atoms with Gasteiger partial charge in [0.1, 0.15) is 5.75 Å². The smallest absolute Gasteiger partial charge is 0.306 e. The molecule has 1 unspecified atom stereocenters. The molecule has 0 spiro atoms. The number of benzene rings is 1. The van der Waals surface area contributed by atoms with Gasteiger partial charge in [0.05, 0.1) is 13.0 Å². The zero-order valence-electron chi connectivity index (χ0n) is 12.4. The van der Waals surface area contributed by atoms with Gasteiger partial charge in [-0.05, 0) is 37.1 Å². The van der Waals surface area contributed by atoms with Crippen molar-refractivity contribution in [1.82, 2.24) is 5.32 Å². The number of rotatable bonds is 10. The van der Waals surface area contributed by atoms with Crippen molar-refractivity contribution in [3.63, 3.8) is 0 Å². The van der Waals surface area contributed by atoms with Crippen LogP contribution in [0.1, 0.15) is 38.2 Å². The summed E-state index contributed by atoms with van der Waals surface area (Å²) in [5.74, 6) is -0.0535. The summed E-state index contributed by atoms with van der Waals surface area (Å²) in [7, 11) is 1.65. The second-order valence-electron chi connectivity index (χ2n) is 4.99. The maximum Gasteiger partial charge on any atom is 0.306 e. The monoisotopic (exact) mass is 279 g/mol. The van der Waals surface area contributed by atoms with Gasteiger partial charge in [-0.25, -0.2) is 0 Å². The predicted octanol–water partition coefficient (Wildman–Crippen LogP) is 3.07. The molecule has 0 aliphatic rings. The van der Waals surface area contributed by atoms with Crippen LogP contribution in [0.2, 0.25) is 0 Å². The molecule has 0 heterocycles. The topological polar surface area (TPSA) is 58.6 Å². The molecule has 0 aliphatic heterocycles. The second-order valence-corrected chi connectivity index (χ2v) is 4.99. The highest BCUT2D eigenvalue weighted by Crippen LogP contribution is 2.13. The highest BCUT2D eigenvalue weighted by atomic mass is 16.5. The Balaban J connectivity index is 2.26. The van der Waals surface area contributed by atoms with E-state index in [1.807, 2.05) is 24.3 Å². The summed E-state index contributed by atoms with van der Waals surface area (Å²) in [6.45, 7) is 3.57. The number of carboxylic acids is 1. The van der Waals surface area contributed by atoms with Gasteiger partial charge in [-0.15, -0.1) is 0 Å². The fraction of sp³-hybridized carbons (Fsp3) is 0.562. The molecule has 0 aromatic heterocycles. The van der Waals surface area contributed by atoms with Crippen LogP contribution in [0.4, 0.5) is 0 Å². The summed E-state index contributed by atoms with van der Waals surface area (Å²) < 4.78 is 5.10. The van der Waals surface area contributed by atoms with E-state index >= 15 is 0 Å². The third-order valence-corrected chi connectivity index (χ3v) is 3.41. The van der Waals surface area contributed by atoms with Crippen LogP contribution in [-0.2, 0) is 11.3 Å².